The second kappa shape index (κ2) is 9.30. The highest BCUT2D eigenvalue weighted by molar-refractivity contribution is 5.91. The molecule has 2 aromatic carbocycles. The summed E-state index contributed by atoms with van der Waals surface area (Å²) in [5.41, 5.74) is 0.997. The molecule has 0 atom stereocenters. The van der Waals surface area contributed by atoms with Crippen LogP contribution >= 0.6 is 0 Å². The van der Waals surface area contributed by atoms with Crippen molar-refractivity contribution in [2.24, 2.45) is 0 Å². The van der Waals surface area contributed by atoms with Crippen molar-refractivity contribution >= 4 is 22.6 Å². The summed E-state index contributed by atoms with van der Waals surface area (Å²) in [5, 5.41) is 2.76. The number of amides is 1. The molecule has 162 valence electrons. The number of aryl methyl sites for hydroxylation is 1. The van der Waals surface area contributed by atoms with Crippen molar-refractivity contribution in [1.29, 1.82) is 0 Å². The van der Waals surface area contributed by atoms with Crippen LogP contribution in [0.3, 0.4) is 0 Å². The molecule has 0 bridgehead atoms. The van der Waals surface area contributed by atoms with Crippen LogP contribution < -0.4 is 21.3 Å². The maximum atomic E-state index is 13.2. The number of nitrogens with zero attached hydrogens (tertiary/aromatic N) is 3. The van der Waals surface area contributed by atoms with Gasteiger partial charge in [-0.05, 0) is 36.2 Å². The standard InChI is InChI=1S/C24H22N4O4/c1-32-19-10-5-9-18(15-19)26-21(29)16-28-20-11-6-13-25-22(20)23(30)27(24(28)31)14-12-17-7-3-2-4-8-17/h2-11,13,15H,12,14,16H2,1H3,(H,26,29). The Labute approximate surface area is 183 Å². The van der Waals surface area contributed by atoms with Crippen molar-refractivity contribution in [2.75, 3.05) is 12.4 Å². The maximum Gasteiger partial charge on any atom is 0.332 e. The summed E-state index contributed by atoms with van der Waals surface area (Å²) in [6.07, 6.45) is 2.00. The number of aromatic nitrogens is 3. The Balaban J connectivity index is 1.67. The van der Waals surface area contributed by atoms with Crippen molar-refractivity contribution < 1.29 is 9.53 Å². The molecule has 0 aliphatic carbocycles. The Bertz CT molecular complexity index is 1380. The van der Waals surface area contributed by atoms with Crippen LogP contribution in [0.2, 0.25) is 0 Å². The maximum absolute atomic E-state index is 13.2. The van der Waals surface area contributed by atoms with Gasteiger partial charge in [0.25, 0.3) is 5.56 Å². The van der Waals surface area contributed by atoms with Gasteiger partial charge in [-0.3, -0.25) is 18.7 Å². The first kappa shape index (κ1) is 21.0. The molecule has 8 heteroatoms. The third-order valence-corrected chi connectivity index (χ3v) is 5.11. The highest BCUT2D eigenvalue weighted by Gasteiger charge is 2.16. The lowest BCUT2D eigenvalue weighted by molar-refractivity contribution is -0.116. The number of methoxy groups -OCH3 is 1. The highest BCUT2D eigenvalue weighted by Crippen LogP contribution is 2.16. The van der Waals surface area contributed by atoms with Gasteiger partial charge in [0.2, 0.25) is 5.91 Å². The zero-order valence-electron chi connectivity index (χ0n) is 17.5. The minimum Gasteiger partial charge on any atom is -0.497 e. The molecule has 2 heterocycles. The summed E-state index contributed by atoms with van der Waals surface area (Å²) in [5.74, 6) is 0.197. The first-order valence-corrected chi connectivity index (χ1v) is 10.1. The van der Waals surface area contributed by atoms with Crippen LogP contribution in [-0.2, 0) is 24.3 Å². The number of pyridine rings is 1. The van der Waals surface area contributed by atoms with Gasteiger partial charge in [-0.1, -0.05) is 36.4 Å². The van der Waals surface area contributed by atoms with Crippen LogP contribution in [0.4, 0.5) is 5.69 Å². The predicted molar refractivity (Wildman–Crippen MR) is 122 cm³/mol. The molecule has 0 saturated carbocycles. The van der Waals surface area contributed by atoms with E-state index in [4.69, 9.17) is 4.74 Å². The SMILES string of the molecule is COc1cccc(NC(=O)Cn2c(=O)n(CCc3ccccc3)c(=O)c3ncccc32)c1. The van der Waals surface area contributed by atoms with Crippen molar-refractivity contribution in [3.05, 3.63) is 99.3 Å². The van der Waals surface area contributed by atoms with Gasteiger partial charge in [-0.25, -0.2) is 9.78 Å². The minimum atomic E-state index is -0.549. The van der Waals surface area contributed by atoms with E-state index in [1.54, 1.807) is 36.4 Å². The Kier molecular flexibility index (Phi) is 6.12. The highest BCUT2D eigenvalue weighted by atomic mass is 16.5. The zero-order chi connectivity index (χ0) is 22.5. The number of hydrogen-bond donors (Lipinski definition) is 1. The number of nitrogens with one attached hydrogen (secondary N) is 1. The van der Waals surface area contributed by atoms with Crippen LogP contribution in [0.5, 0.6) is 5.75 Å². The van der Waals surface area contributed by atoms with Gasteiger partial charge >= 0.3 is 5.69 Å². The number of carbonyl (C=O) groups is 1. The predicted octanol–water partition coefficient (Wildman–Crippen LogP) is 2.45. The number of fused-ring (bicyclic) bond motifs is 1. The summed E-state index contributed by atoms with van der Waals surface area (Å²) in [6.45, 7) is -0.0739. The van der Waals surface area contributed by atoms with E-state index in [9.17, 15) is 14.4 Å². The topological polar surface area (TPSA) is 95.2 Å². The molecule has 8 nitrogen and oxygen atoms in total. The monoisotopic (exact) mass is 430 g/mol. The summed E-state index contributed by atoms with van der Waals surface area (Å²) in [6, 6.07) is 19.8. The van der Waals surface area contributed by atoms with Gasteiger partial charge in [-0.2, -0.15) is 0 Å². The Hall–Kier alpha value is -4.20. The Morgan fingerprint density at radius 2 is 1.81 bits per heavy atom. The Morgan fingerprint density at radius 1 is 1.00 bits per heavy atom. The van der Waals surface area contributed by atoms with Gasteiger partial charge in [0, 0.05) is 24.5 Å². The quantitative estimate of drug-likeness (QED) is 0.486. The van der Waals surface area contributed by atoms with Gasteiger partial charge in [-0.15, -0.1) is 0 Å². The number of hydrogen-bond acceptors (Lipinski definition) is 5. The van der Waals surface area contributed by atoms with E-state index in [2.05, 4.69) is 10.3 Å². The van der Waals surface area contributed by atoms with Crippen LogP contribution in [-0.4, -0.2) is 27.1 Å². The number of ether oxygens (including phenoxy) is 1. The normalized spacial score (nSPS) is 10.8. The minimum absolute atomic E-state index is 0.148. The molecule has 4 aromatic rings. The number of rotatable bonds is 7. The summed E-state index contributed by atoms with van der Waals surface area (Å²) in [7, 11) is 1.54. The van der Waals surface area contributed by atoms with Crippen molar-refractivity contribution in [3.63, 3.8) is 0 Å². The van der Waals surface area contributed by atoms with Crippen LogP contribution in [0.1, 0.15) is 5.56 Å². The van der Waals surface area contributed by atoms with Crippen LogP contribution in [0, 0.1) is 0 Å². The molecular formula is C24H22N4O4. The fourth-order valence-corrected chi connectivity index (χ4v) is 3.52. The van der Waals surface area contributed by atoms with E-state index in [1.165, 1.54) is 17.9 Å². The zero-order valence-corrected chi connectivity index (χ0v) is 17.5. The summed E-state index contributed by atoms with van der Waals surface area (Å²) < 4.78 is 7.59. The third-order valence-electron chi connectivity index (χ3n) is 5.11. The molecule has 0 fully saturated rings. The van der Waals surface area contributed by atoms with Crippen molar-refractivity contribution in [2.45, 2.75) is 19.5 Å². The summed E-state index contributed by atoms with van der Waals surface area (Å²) >= 11 is 0. The van der Waals surface area contributed by atoms with Crippen molar-refractivity contribution in [1.82, 2.24) is 14.1 Å². The molecule has 0 aliphatic heterocycles. The lowest BCUT2D eigenvalue weighted by Gasteiger charge is -2.14. The van der Waals surface area contributed by atoms with Crippen LogP contribution in [0.25, 0.3) is 11.0 Å². The van der Waals surface area contributed by atoms with Gasteiger partial charge in [0.1, 0.15) is 12.3 Å². The molecule has 1 N–H and O–H groups in total. The van der Waals surface area contributed by atoms with E-state index >= 15 is 0 Å². The molecule has 0 unspecified atom stereocenters. The molecule has 2 aromatic heterocycles. The number of benzene rings is 2. The smallest absolute Gasteiger partial charge is 0.332 e. The van der Waals surface area contributed by atoms with Crippen LogP contribution in [0.15, 0.2) is 82.5 Å². The lowest BCUT2D eigenvalue weighted by Crippen LogP contribution is -2.42. The van der Waals surface area contributed by atoms with Gasteiger partial charge in [0.05, 0.1) is 12.6 Å². The van der Waals surface area contributed by atoms with Gasteiger partial charge in [0.15, 0.2) is 5.52 Å². The fraction of sp³-hybridized carbons (Fsp3) is 0.167. The molecule has 0 radical (unpaired) electrons. The molecule has 0 spiro atoms. The summed E-state index contributed by atoms with van der Waals surface area (Å²) in [4.78, 5) is 43.1. The fourth-order valence-electron chi connectivity index (χ4n) is 3.52. The molecular weight excluding hydrogens is 408 g/mol. The lowest BCUT2D eigenvalue weighted by atomic mass is 10.1. The second-order valence-electron chi connectivity index (χ2n) is 7.21. The van der Waals surface area contributed by atoms with E-state index in [-0.39, 0.29) is 18.6 Å². The van der Waals surface area contributed by atoms with E-state index in [1.807, 2.05) is 30.3 Å². The molecule has 0 aliphatic rings. The van der Waals surface area contributed by atoms with E-state index in [0.717, 1.165) is 10.1 Å². The average Bonchev–Trinajstić information content (AvgIpc) is 2.82. The molecule has 0 saturated heterocycles. The first-order chi connectivity index (χ1) is 15.6. The first-order valence-electron chi connectivity index (χ1n) is 10.1. The molecule has 32 heavy (non-hydrogen) atoms. The molecule has 4 rings (SSSR count). The van der Waals surface area contributed by atoms with Gasteiger partial charge < -0.3 is 10.1 Å². The second-order valence-corrected chi connectivity index (χ2v) is 7.21. The number of anilines is 1. The number of carbonyl (C=O) groups excluding carboxylic acids is 1. The molecule has 1 amide bonds. The van der Waals surface area contributed by atoms with Crippen molar-refractivity contribution in [3.8, 4) is 5.75 Å². The Morgan fingerprint density at radius 3 is 2.59 bits per heavy atom. The van der Waals surface area contributed by atoms with E-state index in [0.29, 0.717) is 23.4 Å². The largest absolute Gasteiger partial charge is 0.497 e. The van der Waals surface area contributed by atoms with E-state index < -0.39 is 17.2 Å². The average molecular weight is 430 g/mol. The third kappa shape index (κ3) is 4.44.